The molecule has 0 atom stereocenters. The molecule has 0 saturated heterocycles. The van der Waals surface area contributed by atoms with E-state index in [4.69, 9.17) is 0 Å². The Morgan fingerprint density at radius 1 is 1.24 bits per heavy atom. The number of halogens is 1. The zero-order valence-electron chi connectivity index (χ0n) is 13.8. The number of aryl methyl sites for hydroxylation is 1. The van der Waals surface area contributed by atoms with Crippen LogP contribution in [0, 0.1) is 12.9 Å². The lowest BCUT2D eigenvalue weighted by atomic mass is 10.2. The van der Waals surface area contributed by atoms with Crippen LogP contribution in [0.25, 0.3) is 11.3 Å². The van der Waals surface area contributed by atoms with Crippen molar-refractivity contribution in [3.05, 3.63) is 66.1 Å². The van der Waals surface area contributed by atoms with Crippen molar-refractivity contribution in [2.45, 2.75) is 18.4 Å². The van der Waals surface area contributed by atoms with Gasteiger partial charge in [-0.3, -0.25) is 4.98 Å². The number of nitrogens with zero attached hydrogens (tertiary/aromatic N) is 3. The molecular weight excluding hydrogens is 343 g/mol. The van der Waals surface area contributed by atoms with Crippen molar-refractivity contribution in [2.24, 2.45) is 0 Å². The summed E-state index contributed by atoms with van der Waals surface area (Å²) in [6.45, 7) is 2.22. The summed E-state index contributed by atoms with van der Waals surface area (Å²) in [5.41, 5.74) is 1.76. The second-order valence-electron chi connectivity index (χ2n) is 5.54. The fraction of sp³-hybridized carbons (Fsp3) is 0.176. The van der Waals surface area contributed by atoms with Gasteiger partial charge >= 0.3 is 0 Å². The molecule has 0 radical (unpaired) electrons. The first-order valence-electron chi connectivity index (χ1n) is 7.58. The lowest BCUT2D eigenvalue weighted by Gasteiger charge is -2.10. The minimum Gasteiger partial charge on any atom is -0.316 e. The molecule has 130 valence electrons. The molecule has 0 aliphatic heterocycles. The van der Waals surface area contributed by atoms with E-state index in [2.05, 4.69) is 15.3 Å². The molecule has 25 heavy (non-hydrogen) atoms. The molecule has 0 spiro atoms. The third-order valence-corrected chi connectivity index (χ3v) is 5.36. The monoisotopic (exact) mass is 360 g/mol. The largest absolute Gasteiger partial charge is 0.316 e. The molecule has 0 unspecified atom stereocenters. The van der Waals surface area contributed by atoms with Crippen LogP contribution in [0.1, 0.15) is 11.3 Å². The van der Waals surface area contributed by atoms with Gasteiger partial charge in [-0.2, -0.15) is 4.39 Å². The summed E-state index contributed by atoms with van der Waals surface area (Å²) in [5.74, 6) is -0.727. The molecule has 3 aromatic heterocycles. The third-order valence-electron chi connectivity index (χ3n) is 3.70. The Kier molecular flexibility index (Phi) is 4.65. The van der Waals surface area contributed by atoms with E-state index >= 15 is 0 Å². The van der Waals surface area contributed by atoms with Gasteiger partial charge in [0.15, 0.2) is 0 Å². The quantitative estimate of drug-likeness (QED) is 0.707. The van der Waals surface area contributed by atoms with E-state index < -0.39 is 16.0 Å². The molecule has 0 amide bonds. The van der Waals surface area contributed by atoms with E-state index in [9.17, 15) is 12.8 Å². The SMILES string of the molecule is CNCc1cc(-c2cccnc2F)n(S(=O)(=O)c2ccc(C)nc2)c1. The Bertz CT molecular complexity index is 998. The van der Waals surface area contributed by atoms with Crippen LogP contribution >= 0.6 is 0 Å². The van der Waals surface area contributed by atoms with Crippen LogP contribution in [-0.4, -0.2) is 29.4 Å². The summed E-state index contributed by atoms with van der Waals surface area (Å²) < 4.78 is 41.3. The zero-order valence-corrected chi connectivity index (χ0v) is 14.6. The average molecular weight is 360 g/mol. The highest BCUT2D eigenvalue weighted by Crippen LogP contribution is 2.28. The molecule has 0 aromatic carbocycles. The maximum Gasteiger partial charge on any atom is 0.269 e. The highest BCUT2D eigenvalue weighted by Gasteiger charge is 2.23. The second-order valence-corrected chi connectivity index (χ2v) is 7.36. The standard InChI is InChI=1S/C17H17FN4O2S/c1-12-5-6-14(10-21-12)25(23,24)22-11-13(9-19-2)8-16(22)15-4-3-7-20-17(15)18/h3-8,10-11,19H,9H2,1-2H3. The van der Waals surface area contributed by atoms with Gasteiger partial charge in [-0.05, 0) is 49.9 Å². The van der Waals surface area contributed by atoms with Crippen molar-refractivity contribution in [1.29, 1.82) is 0 Å². The van der Waals surface area contributed by atoms with Crippen molar-refractivity contribution >= 4 is 10.0 Å². The van der Waals surface area contributed by atoms with Gasteiger partial charge in [0.2, 0.25) is 5.95 Å². The van der Waals surface area contributed by atoms with Crippen molar-refractivity contribution < 1.29 is 12.8 Å². The van der Waals surface area contributed by atoms with Crippen molar-refractivity contribution in [3.8, 4) is 11.3 Å². The summed E-state index contributed by atoms with van der Waals surface area (Å²) >= 11 is 0. The zero-order chi connectivity index (χ0) is 18.0. The smallest absolute Gasteiger partial charge is 0.269 e. The maximum absolute atomic E-state index is 14.1. The normalized spacial score (nSPS) is 11.6. The lowest BCUT2D eigenvalue weighted by Crippen LogP contribution is -2.14. The molecule has 3 aromatic rings. The Hall–Kier alpha value is -2.58. The highest BCUT2D eigenvalue weighted by atomic mass is 32.2. The number of hydrogen-bond donors (Lipinski definition) is 1. The van der Waals surface area contributed by atoms with Crippen molar-refractivity contribution in [1.82, 2.24) is 19.3 Å². The van der Waals surface area contributed by atoms with Gasteiger partial charge in [0.05, 0.1) is 11.3 Å². The number of pyridine rings is 2. The average Bonchev–Trinajstić information content (AvgIpc) is 3.00. The summed E-state index contributed by atoms with van der Waals surface area (Å²) in [6.07, 6.45) is 4.10. The van der Waals surface area contributed by atoms with E-state index in [0.29, 0.717) is 17.8 Å². The van der Waals surface area contributed by atoms with Crippen molar-refractivity contribution in [2.75, 3.05) is 7.05 Å². The molecule has 1 N–H and O–H groups in total. The van der Waals surface area contributed by atoms with Crippen LogP contribution in [0.5, 0.6) is 0 Å². The van der Waals surface area contributed by atoms with Gasteiger partial charge in [-0.15, -0.1) is 0 Å². The minimum absolute atomic E-state index is 0.0373. The molecule has 0 saturated carbocycles. The van der Waals surface area contributed by atoms with Crippen molar-refractivity contribution in [3.63, 3.8) is 0 Å². The summed E-state index contributed by atoms with van der Waals surface area (Å²) in [6, 6.07) is 7.80. The Balaban J connectivity index is 2.21. The number of aromatic nitrogens is 3. The Morgan fingerprint density at radius 2 is 2.04 bits per heavy atom. The fourth-order valence-electron chi connectivity index (χ4n) is 2.49. The van der Waals surface area contributed by atoms with Crippen LogP contribution in [0.2, 0.25) is 0 Å². The molecule has 0 fully saturated rings. The minimum atomic E-state index is -3.92. The molecule has 8 heteroatoms. The summed E-state index contributed by atoms with van der Waals surface area (Å²) in [4.78, 5) is 7.70. The topological polar surface area (TPSA) is 76.9 Å². The molecular formula is C17H17FN4O2S. The first-order valence-corrected chi connectivity index (χ1v) is 9.02. The van der Waals surface area contributed by atoms with Gasteiger partial charge in [-0.25, -0.2) is 17.4 Å². The van der Waals surface area contributed by atoms with Crippen LogP contribution < -0.4 is 5.32 Å². The van der Waals surface area contributed by atoms with Gasteiger partial charge in [0.1, 0.15) is 4.90 Å². The van der Waals surface area contributed by atoms with Crippen LogP contribution in [-0.2, 0) is 16.6 Å². The first-order chi connectivity index (χ1) is 11.9. The van der Waals surface area contributed by atoms with Gasteiger partial charge in [0.25, 0.3) is 10.0 Å². The Labute approximate surface area is 145 Å². The number of hydrogen-bond acceptors (Lipinski definition) is 5. The molecule has 6 nitrogen and oxygen atoms in total. The van der Waals surface area contributed by atoms with Gasteiger partial charge in [0, 0.05) is 30.8 Å². The summed E-state index contributed by atoms with van der Waals surface area (Å²) in [5, 5.41) is 2.96. The molecule has 0 aliphatic rings. The summed E-state index contributed by atoms with van der Waals surface area (Å²) in [7, 11) is -2.17. The fourth-order valence-corrected chi connectivity index (χ4v) is 3.83. The number of rotatable bonds is 5. The molecule has 3 rings (SSSR count). The van der Waals surface area contributed by atoms with Crippen LogP contribution in [0.4, 0.5) is 4.39 Å². The van der Waals surface area contributed by atoms with Gasteiger partial charge in [-0.1, -0.05) is 0 Å². The predicted molar refractivity (Wildman–Crippen MR) is 91.9 cm³/mol. The van der Waals surface area contributed by atoms with E-state index in [-0.39, 0.29) is 16.2 Å². The molecule has 0 bridgehead atoms. The highest BCUT2D eigenvalue weighted by molar-refractivity contribution is 7.90. The van der Waals surface area contributed by atoms with E-state index in [0.717, 1.165) is 3.97 Å². The van der Waals surface area contributed by atoms with E-state index in [1.165, 1.54) is 30.7 Å². The van der Waals surface area contributed by atoms with E-state index in [1.807, 2.05) is 0 Å². The van der Waals surface area contributed by atoms with Crippen LogP contribution in [0.3, 0.4) is 0 Å². The molecule has 0 aliphatic carbocycles. The second kappa shape index (κ2) is 6.73. The first kappa shape index (κ1) is 17.2. The lowest BCUT2D eigenvalue weighted by molar-refractivity contribution is 0.582. The van der Waals surface area contributed by atoms with E-state index in [1.54, 1.807) is 32.2 Å². The van der Waals surface area contributed by atoms with Gasteiger partial charge < -0.3 is 5.32 Å². The number of nitrogens with one attached hydrogen (secondary N) is 1. The third kappa shape index (κ3) is 3.31. The Morgan fingerprint density at radius 3 is 2.68 bits per heavy atom. The maximum atomic E-state index is 14.1. The molecule has 3 heterocycles. The predicted octanol–water partition coefficient (Wildman–Crippen LogP) is 2.35. The van der Waals surface area contributed by atoms with Crippen LogP contribution in [0.15, 0.2) is 53.8 Å².